The van der Waals surface area contributed by atoms with Gasteiger partial charge in [0.15, 0.2) is 24.8 Å². The van der Waals surface area contributed by atoms with Gasteiger partial charge in [-0.2, -0.15) is 4.57 Å². The summed E-state index contributed by atoms with van der Waals surface area (Å²) in [6.07, 6.45) is 9.78. The van der Waals surface area contributed by atoms with Gasteiger partial charge in [-0.15, -0.1) is 0 Å². The molecule has 0 atom stereocenters. The maximum atomic E-state index is 7.85. The maximum absolute atomic E-state index is 7.85. The minimum atomic E-state index is -2.11. The molecular weight excluding hydrogens is 1300 g/mol. The summed E-state index contributed by atoms with van der Waals surface area (Å²) in [6.45, 7) is 37.0. The summed E-state index contributed by atoms with van der Waals surface area (Å²) in [5.41, 5.74) is 34.7. The Hall–Kier alpha value is -10.8. The van der Waals surface area contributed by atoms with Crippen LogP contribution in [0.2, 0.25) is 0 Å². The van der Waals surface area contributed by atoms with Gasteiger partial charge in [0.2, 0.25) is 34.0 Å². The normalized spacial score (nSPS) is 11.7. The lowest BCUT2D eigenvalue weighted by atomic mass is 9.93. The Morgan fingerprint density at radius 1 is 0.308 bits per heavy atom. The van der Waals surface area contributed by atoms with Crippen molar-refractivity contribution in [2.24, 2.45) is 41.2 Å². The zero-order valence-corrected chi connectivity index (χ0v) is 68.0. The van der Waals surface area contributed by atoms with E-state index in [1.807, 2.05) is 20.9 Å². The first-order chi connectivity index (χ1) is 52.2. The Bertz CT molecular complexity index is 5990. The fourth-order valence-electron chi connectivity index (χ4n) is 15.8. The van der Waals surface area contributed by atoms with E-state index in [4.69, 9.17) is 4.11 Å². The number of rotatable bonds is 8. The third kappa shape index (κ3) is 16.8. The predicted octanol–water partition coefficient (Wildman–Crippen LogP) is 23.6. The van der Waals surface area contributed by atoms with E-state index in [2.05, 4.69) is 387 Å². The first-order valence-electron chi connectivity index (χ1n) is 39.6. The fraction of sp³-hybridized carbons (Fsp3) is 0.265. The second-order valence-corrected chi connectivity index (χ2v) is 31.1. The molecule has 5 nitrogen and oxygen atoms in total. The van der Waals surface area contributed by atoms with Crippen molar-refractivity contribution in [3.05, 3.63) is 326 Å². The van der Waals surface area contributed by atoms with Crippen molar-refractivity contribution < 1.29 is 26.9 Å². The molecule has 5 heteroatoms. The van der Waals surface area contributed by atoms with Crippen molar-refractivity contribution in [3.8, 4) is 56.3 Å². The molecule has 0 unspecified atom stereocenters. The molecule has 0 aliphatic carbocycles. The lowest BCUT2D eigenvalue weighted by Gasteiger charge is -2.12. The molecule has 10 aromatic carbocycles. The molecule has 0 bridgehead atoms. The minimum Gasteiger partial charge on any atom is -0.200 e. The van der Waals surface area contributed by atoms with Crippen LogP contribution in [0.3, 0.4) is 0 Å². The molecule has 0 saturated carbocycles. The summed E-state index contributed by atoms with van der Waals surface area (Å²) in [4.78, 5) is 0. The van der Waals surface area contributed by atoms with E-state index < -0.39 is 6.85 Å². The molecule has 0 aliphatic rings. The van der Waals surface area contributed by atoms with Crippen LogP contribution < -0.4 is 22.8 Å². The Morgan fingerprint density at radius 2 is 0.701 bits per heavy atom. The van der Waals surface area contributed by atoms with E-state index in [9.17, 15) is 0 Å². The van der Waals surface area contributed by atoms with Crippen LogP contribution in [0.4, 0.5) is 0 Å². The van der Waals surface area contributed by atoms with Gasteiger partial charge in [0, 0.05) is 51.6 Å². The second-order valence-electron chi connectivity index (χ2n) is 31.1. The highest BCUT2D eigenvalue weighted by molar-refractivity contribution is 5.97. The molecule has 0 spiro atoms. The molecular formula is C102H114N5+5. The largest absolute Gasteiger partial charge is 0.220 e. The highest BCUT2D eigenvalue weighted by atomic mass is 14.9. The number of pyridine rings is 5. The second kappa shape index (κ2) is 32.9. The molecule has 0 amide bonds. The zero-order chi connectivity index (χ0) is 79.5. The van der Waals surface area contributed by atoms with Crippen LogP contribution in [-0.2, 0) is 41.7 Å². The molecule has 0 aliphatic heterocycles. The van der Waals surface area contributed by atoms with Crippen LogP contribution in [0.25, 0.3) is 110 Å². The maximum Gasteiger partial charge on any atom is 0.220 e. The van der Waals surface area contributed by atoms with E-state index >= 15 is 0 Å². The summed E-state index contributed by atoms with van der Waals surface area (Å²) in [7, 11) is 10.6. The Balaban J connectivity index is 0.000000137. The first kappa shape index (κ1) is 73.2. The first-order valence-corrected chi connectivity index (χ1v) is 38.1. The minimum absolute atomic E-state index is 0.435. The lowest BCUT2D eigenvalue weighted by molar-refractivity contribution is -0.659. The average Bonchev–Trinajstić information content (AvgIpc) is 0.766. The van der Waals surface area contributed by atoms with E-state index in [1.54, 1.807) is 6.07 Å². The standard InChI is InChI=1S/C23H28N.C22H26N.C21H24N.C19H20N.C17H16N/c1-15(2)11-19-7-8-21-20(14-19)9-10-24(6)23(21)22-13-16(3)12-17(4)18(22)5;1-14(2)18-7-8-20-19(13-18)9-10-23(6)22(20)21-12-15(3)11-16(4)17(21)5;1-13-10-15(3)17(5)18(11-13)20-12-16(4)21-14(2)8-7-9-19(21)22(20)6;1-13-11-14(2)15(3)18(12-13)19-17-8-6-5-7-16(17)9-10-20(19)4;1-13-7-3-5-9-15(13)17-16-10-6-4-8-14(16)11-12-18(17)2/h7-10,12-15H,11H2,1-6H3;7-14H,1-6H3;7-12H,1-6H3;5-12H,1-4H3;3-12H,1-2H3/q5*+1/i;;3D3;;. The monoisotopic (exact) mass is 1410 g/mol. The smallest absolute Gasteiger partial charge is 0.200 e. The van der Waals surface area contributed by atoms with Gasteiger partial charge in [-0.05, 0) is 271 Å². The average molecular weight is 1410 g/mol. The topological polar surface area (TPSA) is 19.4 Å². The van der Waals surface area contributed by atoms with Crippen LogP contribution in [0.15, 0.2) is 231 Å². The quantitative estimate of drug-likeness (QED) is 0.135. The molecule has 15 aromatic rings. The van der Waals surface area contributed by atoms with E-state index in [-0.39, 0.29) is 0 Å². The van der Waals surface area contributed by atoms with Gasteiger partial charge in [0.05, 0.1) is 43.6 Å². The number of hydrogen-bond donors (Lipinski definition) is 0. The molecule has 15 rings (SSSR count). The number of fused-ring (bicyclic) bond motifs is 5. The lowest BCUT2D eigenvalue weighted by Crippen LogP contribution is -2.32. The summed E-state index contributed by atoms with van der Waals surface area (Å²) >= 11 is 0. The number of hydrogen-bond acceptors (Lipinski definition) is 0. The molecule has 0 N–H and O–H groups in total. The van der Waals surface area contributed by atoms with Crippen molar-refractivity contribution in [3.63, 3.8) is 0 Å². The predicted molar refractivity (Wildman–Crippen MR) is 456 cm³/mol. The Kier molecular flexibility index (Phi) is 22.5. The van der Waals surface area contributed by atoms with Gasteiger partial charge in [-0.25, -0.2) is 18.3 Å². The van der Waals surface area contributed by atoms with Crippen LogP contribution in [0.5, 0.6) is 0 Å². The molecule has 107 heavy (non-hydrogen) atoms. The van der Waals surface area contributed by atoms with E-state index in [0.29, 0.717) is 17.4 Å². The molecule has 542 valence electrons. The molecule has 0 saturated heterocycles. The Labute approximate surface area is 644 Å². The van der Waals surface area contributed by atoms with Crippen LogP contribution in [-0.4, -0.2) is 0 Å². The molecule has 5 heterocycles. The highest BCUT2D eigenvalue weighted by Gasteiger charge is 2.25. The summed E-state index contributed by atoms with van der Waals surface area (Å²) in [6, 6.07) is 74.4. The van der Waals surface area contributed by atoms with Crippen molar-refractivity contribution in [2.45, 2.75) is 144 Å². The number of benzene rings is 10. The van der Waals surface area contributed by atoms with Gasteiger partial charge in [0.1, 0.15) is 35.2 Å². The third-order valence-corrected chi connectivity index (χ3v) is 21.9. The number of aromatic nitrogens is 5. The Morgan fingerprint density at radius 3 is 1.17 bits per heavy atom. The van der Waals surface area contributed by atoms with Gasteiger partial charge in [-0.3, -0.25) is 0 Å². The summed E-state index contributed by atoms with van der Waals surface area (Å²) in [5, 5.41) is 11.8. The third-order valence-electron chi connectivity index (χ3n) is 21.9. The molecule has 0 fully saturated rings. The number of aryl methyl sites for hydroxylation is 16. The van der Waals surface area contributed by atoms with Crippen LogP contribution in [0, 0.1) is 110 Å². The van der Waals surface area contributed by atoms with Gasteiger partial charge in [-0.1, -0.05) is 165 Å². The SMILES string of the molecule is Cc1cc(C)c(C)c(-c2c3ccc(C(C)C)cc3cc[n+]2C)c1.Cc1cc(C)c(C)c(-c2c3ccc(CC(C)C)cc3cc[n+]2C)c1.Cc1cc(C)c(C)c(-c2c3ccccc3cc[n+]2C)c1.Cc1ccccc1-c1c2ccccc2cc[n+]1C.[2H]C([2H])([2H])c1cc(C)cc(-c2cc(C)c3c(C)cccc3[n+]2C)c1C. The van der Waals surface area contributed by atoms with Gasteiger partial charge >= 0.3 is 0 Å². The molecule has 0 radical (unpaired) electrons. The van der Waals surface area contributed by atoms with E-state index in [0.717, 1.165) is 34.3 Å². The van der Waals surface area contributed by atoms with Gasteiger partial charge in [0.25, 0.3) is 0 Å². The van der Waals surface area contributed by atoms with Crippen molar-refractivity contribution in [1.82, 2.24) is 0 Å². The zero-order valence-electron chi connectivity index (χ0n) is 71.0. The van der Waals surface area contributed by atoms with Crippen LogP contribution >= 0.6 is 0 Å². The van der Waals surface area contributed by atoms with Crippen molar-refractivity contribution in [1.29, 1.82) is 0 Å². The van der Waals surface area contributed by atoms with Crippen molar-refractivity contribution >= 4 is 54.0 Å². The van der Waals surface area contributed by atoms with Gasteiger partial charge < -0.3 is 0 Å². The summed E-state index contributed by atoms with van der Waals surface area (Å²) < 4.78 is 34.6. The molecule has 5 aromatic heterocycles. The van der Waals surface area contributed by atoms with Crippen LogP contribution in [0.1, 0.15) is 132 Å². The fourth-order valence-corrected chi connectivity index (χ4v) is 15.8. The summed E-state index contributed by atoms with van der Waals surface area (Å²) in [5.74, 6) is 1.24. The van der Waals surface area contributed by atoms with E-state index in [1.165, 1.54) is 171 Å². The van der Waals surface area contributed by atoms with Crippen molar-refractivity contribution in [2.75, 3.05) is 0 Å². The highest BCUT2D eigenvalue weighted by Crippen LogP contribution is 2.36. The number of nitrogens with zero attached hydrogens (tertiary/aromatic N) is 5.